The third kappa shape index (κ3) is 5.48. The van der Waals surface area contributed by atoms with Crippen LogP contribution in [0.1, 0.15) is 20.7 Å². The highest BCUT2D eigenvalue weighted by molar-refractivity contribution is 7.90. The standard InChI is InChI=1S/C21H16ClN3O6S/c1-32(30,31)17-11-13(10-16(12-17)25(28)29)20(26)24-19-5-3-2-4-18(19)21(27)23-15-8-6-14(22)7-9-15/h2-12H,1H3,(H,23,27)(H,24,26). The molecule has 32 heavy (non-hydrogen) atoms. The number of carbonyl (C=O) groups excluding carboxylic acids is 2. The van der Waals surface area contributed by atoms with E-state index in [4.69, 9.17) is 11.6 Å². The van der Waals surface area contributed by atoms with Gasteiger partial charge in [0.25, 0.3) is 17.5 Å². The van der Waals surface area contributed by atoms with E-state index in [9.17, 15) is 28.1 Å². The highest BCUT2D eigenvalue weighted by Crippen LogP contribution is 2.23. The number of hydrogen-bond acceptors (Lipinski definition) is 6. The number of halogens is 1. The number of sulfone groups is 1. The van der Waals surface area contributed by atoms with Crippen LogP contribution >= 0.6 is 11.6 Å². The third-order valence-corrected chi connectivity index (χ3v) is 5.66. The van der Waals surface area contributed by atoms with Crippen LogP contribution in [0.2, 0.25) is 5.02 Å². The molecular weight excluding hydrogens is 458 g/mol. The molecule has 164 valence electrons. The van der Waals surface area contributed by atoms with E-state index in [1.165, 1.54) is 12.1 Å². The summed E-state index contributed by atoms with van der Waals surface area (Å²) in [5.74, 6) is -1.33. The van der Waals surface area contributed by atoms with Gasteiger partial charge in [-0.1, -0.05) is 23.7 Å². The molecule has 0 bridgehead atoms. The van der Waals surface area contributed by atoms with E-state index in [1.807, 2.05) is 0 Å². The van der Waals surface area contributed by atoms with Crippen molar-refractivity contribution in [3.8, 4) is 0 Å². The van der Waals surface area contributed by atoms with Crippen molar-refractivity contribution >= 4 is 50.3 Å². The van der Waals surface area contributed by atoms with Crippen molar-refractivity contribution in [2.75, 3.05) is 16.9 Å². The van der Waals surface area contributed by atoms with Gasteiger partial charge in [-0.15, -0.1) is 0 Å². The average molecular weight is 474 g/mol. The lowest BCUT2D eigenvalue weighted by Gasteiger charge is -2.12. The zero-order valence-corrected chi connectivity index (χ0v) is 18.1. The minimum atomic E-state index is -3.80. The summed E-state index contributed by atoms with van der Waals surface area (Å²) in [7, 11) is -3.80. The van der Waals surface area contributed by atoms with Crippen LogP contribution in [-0.4, -0.2) is 31.4 Å². The van der Waals surface area contributed by atoms with Gasteiger partial charge in [-0.25, -0.2) is 8.42 Å². The van der Waals surface area contributed by atoms with E-state index in [1.54, 1.807) is 36.4 Å². The topological polar surface area (TPSA) is 135 Å². The SMILES string of the molecule is CS(=O)(=O)c1cc(C(=O)Nc2ccccc2C(=O)Nc2ccc(Cl)cc2)cc([N+](=O)[O-])c1. The average Bonchev–Trinajstić information content (AvgIpc) is 2.74. The fourth-order valence-corrected chi connectivity index (χ4v) is 3.55. The van der Waals surface area contributed by atoms with Gasteiger partial charge < -0.3 is 10.6 Å². The number of non-ortho nitro benzene ring substituents is 1. The lowest BCUT2D eigenvalue weighted by molar-refractivity contribution is -0.385. The first-order valence-corrected chi connectivity index (χ1v) is 11.3. The van der Waals surface area contributed by atoms with Gasteiger partial charge in [-0.3, -0.25) is 19.7 Å². The first-order chi connectivity index (χ1) is 15.0. The number of nitro groups is 1. The Hall–Kier alpha value is -3.76. The van der Waals surface area contributed by atoms with Crippen molar-refractivity contribution in [1.29, 1.82) is 0 Å². The Balaban J connectivity index is 1.91. The maximum absolute atomic E-state index is 12.8. The molecule has 2 amide bonds. The van der Waals surface area contributed by atoms with Crippen LogP contribution < -0.4 is 10.6 Å². The van der Waals surface area contributed by atoms with Crippen molar-refractivity contribution in [1.82, 2.24) is 0 Å². The molecule has 3 aromatic carbocycles. The molecule has 0 unspecified atom stereocenters. The number of benzene rings is 3. The summed E-state index contributed by atoms with van der Waals surface area (Å²) in [6, 6.07) is 15.4. The van der Waals surface area contributed by atoms with E-state index >= 15 is 0 Å². The minimum absolute atomic E-state index is 0.129. The van der Waals surface area contributed by atoms with Crippen molar-refractivity contribution < 1.29 is 22.9 Å². The molecule has 3 aromatic rings. The normalized spacial score (nSPS) is 10.9. The maximum atomic E-state index is 12.8. The second-order valence-corrected chi connectivity index (χ2v) is 9.16. The maximum Gasteiger partial charge on any atom is 0.271 e. The summed E-state index contributed by atoms with van der Waals surface area (Å²) in [5, 5.41) is 16.9. The summed E-state index contributed by atoms with van der Waals surface area (Å²) >= 11 is 5.84. The number of amides is 2. The van der Waals surface area contributed by atoms with Gasteiger partial charge in [0.1, 0.15) is 0 Å². The highest BCUT2D eigenvalue weighted by Gasteiger charge is 2.20. The number of hydrogen-bond donors (Lipinski definition) is 2. The van der Waals surface area contributed by atoms with Gasteiger partial charge >= 0.3 is 0 Å². The van der Waals surface area contributed by atoms with E-state index < -0.39 is 32.3 Å². The number of anilines is 2. The van der Waals surface area contributed by atoms with Crippen molar-refractivity contribution in [2.24, 2.45) is 0 Å². The summed E-state index contributed by atoms with van der Waals surface area (Å²) in [6.45, 7) is 0. The molecule has 0 aliphatic carbocycles. The molecule has 0 aromatic heterocycles. The monoisotopic (exact) mass is 473 g/mol. The van der Waals surface area contributed by atoms with E-state index in [0.717, 1.165) is 24.5 Å². The molecular formula is C21H16ClN3O6S. The van der Waals surface area contributed by atoms with Gasteiger partial charge in [0.2, 0.25) is 0 Å². The second kappa shape index (κ2) is 9.16. The lowest BCUT2D eigenvalue weighted by Crippen LogP contribution is -2.18. The molecule has 0 spiro atoms. The van der Waals surface area contributed by atoms with E-state index in [0.29, 0.717) is 10.7 Å². The molecule has 0 aliphatic rings. The molecule has 3 rings (SSSR count). The molecule has 0 saturated heterocycles. The predicted molar refractivity (Wildman–Crippen MR) is 120 cm³/mol. The molecule has 0 radical (unpaired) electrons. The molecule has 9 nitrogen and oxygen atoms in total. The molecule has 0 fully saturated rings. The molecule has 0 heterocycles. The van der Waals surface area contributed by atoms with Crippen molar-refractivity contribution in [3.05, 3.63) is 93.0 Å². The fourth-order valence-electron chi connectivity index (χ4n) is 2.75. The lowest BCUT2D eigenvalue weighted by atomic mass is 10.1. The predicted octanol–water partition coefficient (Wildman–Crippen LogP) is 4.16. The second-order valence-electron chi connectivity index (χ2n) is 6.71. The Morgan fingerprint density at radius 2 is 1.59 bits per heavy atom. The number of nitrogens with zero attached hydrogens (tertiary/aromatic N) is 1. The van der Waals surface area contributed by atoms with Crippen molar-refractivity contribution in [3.63, 3.8) is 0 Å². The Morgan fingerprint density at radius 1 is 0.938 bits per heavy atom. The van der Waals surface area contributed by atoms with Crippen LogP contribution in [0.5, 0.6) is 0 Å². The molecule has 11 heteroatoms. The van der Waals surface area contributed by atoms with Gasteiger partial charge in [0.15, 0.2) is 9.84 Å². The quantitative estimate of drug-likeness (QED) is 0.407. The third-order valence-electron chi connectivity index (χ3n) is 4.31. The molecule has 0 saturated carbocycles. The smallest absolute Gasteiger partial charge is 0.271 e. The number of nitrogens with one attached hydrogen (secondary N) is 2. The Kier molecular flexibility index (Phi) is 6.56. The van der Waals surface area contributed by atoms with Crippen molar-refractivity contribution in [2.45, 2.75) is 4.90 Å². The van der Waals surface area contributed by atoms with E-state index in [2.05, 4.69) is 10.6 Å². The largest absolute Gasteiger partial charge is 0.322 e. The first-order valence-electron chi connectivity index (χ1n) is 9.01. The van der Waals surface area contributed by atoms with Gasteiger partial charge in [-0.05, 0) is 42.5 Å². The van der Waals surface area contributed by atoms with Gasteiger partial charge in [0, 0.05) is 34.7 Å². The minimum Gasteiger partial charge on any atom is -0.322 e. The molecule has 0 aliphatic heterocycles. The Bertz CT molecular complexity index is 1320. The first kappa shape index (κ1) is 22.9. The van der Waals surface area contributed by atoms with Gasteiger partial charge in [-0.2, -0.15) is 0 Å². The summed E-state index contributed by atoms with van der Waals surface area (Å²) < 4.78 is 23.7. The summed E-state index contributed by atoms with van der Waals surface area (Å²) in [4.78, 5) is 35.5. The summed E-state index contributed by atoms with van der Waals surface area (Å²) in [6.07, 6.45) is 0.879. The molecule has 0 atom stereocenters. The Labute approximate surface area is 188 Å². The highest BCUT2D eigenvalue weighted by atomic mass is 35.5. The van der Waals surface area contributed by atoms with Crippen LogP contribution in [0.3, 0.4) is 0 Å². The van der Waals surface area contributed by atoms with Crippen LogP contribution in [-0.2, 0) is 9.84 Å². The number of nitro benzene ring substituents is 1. The van der Waals surface area contributed by atoms with Crippen LogP contribution in [0.4, 0.5) is 17.1 Å². The molecule has 2 N–H and O–H groups in total. The number of rotatable bonds is 6. The van der Waals surface area contributed by atoms with Gasteiger partial charge in [0.05, 0.1) is 21.1 Å². The zero-order valence-electron chi connectivity index (χ0n) is 16.5. The van der Waals surface area contributed by atoms with Crippen LogP contribution in [0, 0.1) is 10.1 Å². The fraction of sp³-hybridized carbons (Fsp3) is 0.0476. The Morgan fingerprint density at radius 3 is 2.22 bits per heavy atom. The number of para-hydroxylation sites is 1. The summed E-state index contributed by atoms with van der Waals surface area (Å²) in [5.41, 5.74) is -0.0441. The van der Waals surface area contributed by atoms with Crippen LogP contribution in [0.15, 0.2) is 71.6 Å². The number of carbonyl (C=O) groups is 2. The van der Waals surface area contributed by atoms with Crippen LogP contribution in [0.25, 0.3) is 0 Å². The van der Waals surface area contributed by atoms with E-state index in [-0.39, 0.29) is 21.7 Å². The zero-order chi connectivity index (χ0) is 23.5.